The Labute approximate surface area is 92.8 Å². The maximum absolute atomic E-state index is 12.1. The van der Waals surface area contributed by atoms with Gasteiger partial charge in [0.05, 0.1) is 6.42 Å². The van der Waals surface area contributed by atoms with Gasteiger partial charge in [-0.1, -0.05) is 0 Å². The van der Waals surface area contributed by atoms with Gasteiger partial charge in [-0.25, -0.2) is 0 Å². The number of carbonyl (C=O) groups is 1. The molecule has 2 unspecified atom stereocenters. The molecule has 0 bridgehead atoms. The molecule has 2 atom stereocenters. The second kappa shape index (κ2) is 5.56. The molecule has 0 aromatic heterocycles. The van der Waals surface area contributed by atoms with Gasteiger partial charge in [-0.15, -0.1) is 0 Å². The number of aliphatic carboxylic acids is 1. The van der Waals surface area contributed by atoms with E-state index in [1.165, 1.54) is 0 Å². The fourth-order valence-corrected chi connectivity index (χ4v) is 1.08. The van der Waals surface area contributed by atoms with Gasteiger partial charge in [0.25, 0.3) is 0 Å². The summed E-state index contributed by atoms with van der Waals surface area (Å²) < 4.78 is 71.9. The summed E-state index contributed by atoms with van der Waals surface area (Å²) in [5.41, 5.74) is 0. The van der Waals surface area contributed by atoms with Crippen LogP contribution in [0.3, 0.4) is 0 Å². The van der Waals surface area contributed by atoms with E-state index >= 15 is 0 Å². The molecule has 0 aliphatic carbocycles. The summed E-state index contributed by atoms with van der Waals surface area (Å²) in [5.74, 6) is -4.83. The molecule has 0 amide bonds. The molecule has 0 spiro atoms. The van der Waals surface area contributed by atoms with Gasteiger partial charge < -0.3 is 10.4 Å². The lowest BCUT2D eigenvalue weighted by Gasteiger charge is -2.20. The van der Waals surface area contributed by atoms with Gasteiger partial charge >= 0.3 is 18.3 Å². The van der Waals surface area contributed by atoms with Crippen LogP contribution >= 0.6 is 0 Å². The lowest BCUT2D eigenvalue weighted by Crippen LogP contribution is -2.42. The topological polar surface area (TPSA) is 49.3 Å². The normalized spacial score (nSPS) is 16.6. The Hall–Kier alpha value is -0.990. The molecule has 0 rings (SSSR count). The number of carboxylic acid groups (broad SMARTS) is 1. The Bertz CT molecular complexity index is 262. The Morgan fingerprint density at radius 3 is 2.00 bits per heavy atom. The number of rotatable bonds is 5. The monoisotopic (exact) mass is 267 g/mol. The highest BCUT2D eigenvalue weighted by Gasteiger charge is 2.45. The summed E-state index contributed by atoms with van der Waals surface area (Å²) in [6, 6.07) is -1.28. The van der Waals surface area contributed by atoms with E-state index < -0.39 is 43.2 Å². The number of halogens is 6. The van der Waals surface area contributed by atoms with Crippen LogP contribution in [0.25, 0.3) is 0 Å². The fraction of sp³-hybridized carbons (Fsp3) is 0.875. The molecule has 17 heavy (non-hydrogen) atoms. The van der Waals surface area contributed by atoms with Crippen LogP contribution in [0, 0.1) is 5.92 Å². The van der Waals surface area contributed by atoms with Crippen LogP contribution in [0.15, 0.2) is 0 Å². The first-order valence-corrected chi connectivity index (χ1v) is 4.53. The smallest absolute Gasteiger partial charge is 0.403 e. The molecule has 102 valence electrons. The summed E-state index contributed by atoms with van der Waals surface area (Å²) in [6.45, 7) is -0.0567. The zero-order valence-electron chi connectivity index (χ0n) is 8.69. The van der Waals surface area contributed by atoms with Crippen molar-refractivity contribution < 1.29 is 36.2 Å². The second-order valence-corrected chi connectivity index (χ2v) is 3.56. The standard InChI is InChI=1S/C8H11F6NO2/c1-4(2-7(9,10)11)15-3-5(6(16)17)8(12,13)14/h4-5,15H,2-3H2,1H3,(H,16,17). The predicted molar refractivity (Wildman–Crippen MR) is 45.3 cm³/mol. The van der Waals surface area contributed by atoms with E-state index in [-0.39, 0.29) is 0 Å². The minimum Gasteiger partial charge on any atom is -0.481 e. The lowest BCUT2D eigenvalue weighted by atomic mass is 10.1. The van der Waals surface area contributed by atoms with Crippen LogP contribution in [-0.4, -0.2) is 36.0 Å². The summed E-state index contributed by atoms with van der Waals surface area (Å²) >= 11 is 0. The van der Waals surface area contributed by atoms with Gasteiger partial charge in [0.2, 0.25) is 0 Å². The van der Waals surface area contributed by atoms with E-state index in [0.717, 1.165) is 6.92 Å². The maximum atomic E-state index is 12.1. The summed E-state index contributed by atoms with van der Waals surface area (Å²) in [6.07, 6.45) is -10.8. The van der Waals surface area contributed by atoms with Crippen molar-refractivity contribution in [1.82, 2.24) is 5.32 Å². The first kappa shape index (κ1) is 16.0. The average molecular weight is 267 g/mol. The van der Waals surface area contributed by atoms with Crippen molar-refractivity contribution in [3.63, 3.8) is 0 Å². The molecule has 0 saturated carbocycles. The zero-order valence-corrected chi connectivity index (χ0v) is 8.69. The van der Waals surface area contributed by atoms with Gasteiger partial charge in [0.1, 0.15) is 0 Å². The Balaban J connectivity index is 4.29. The summed E-state index contributed by atoms with van der Waals surface area (Å²) in [4.78, 5) is 10.3. The quantitative estimate of drug-likeness (QED) is 0.751. The minimum atomic E-state index is -4.99. The SMILES string of the molecule is CC(CC(F)(F)F)NCC(C(=O)O)C(F)(F)F. The number of nitrogens with one attached hydrogen (secondary N) is 1. The van der Waals surface area contributed by atoms with Crippen LogP contribution in [0.4, 0.5) is 26.3 Å². The second-order valence-electron chi connectivity index (χ2n) is 3.56. The molecule has 0 aromatic rings. The van der Waals surface area contributed by atoms with Crippen molar-refractivity contribution in [1.29, 1.82) is 0 Å². The Morgan fingerprint density at radius 1 is 1.24 bits per heavy atom. The first-order chi connectivity index (χ1) is 7.43. The van der Waals surface area contributed by atoms with Gasteiger partial charge in [-0.2, -0.15) is 26.3 Å². The van der Waals surface area contributed by atoms with Crippen molar-refractivity contribution in [2.45, 2.75) is 31.7 Å². The van der Waals surface area contributed by atoms with Crippen molar-refractivity contribution in [2.75, 3.05) is 6.54 Å². The summed E-state index contributed by atoms with van der Waals surface area (Å²) in [7, 11) is 0. The molecule has 0 saturated heterocycles. The molecule has 0 aliphatic rings. The molecule has 0 radical (unpaired) electrons. The first-order valence-electron chi connectivity index (χ1n) is 4.53. The van der Waals surface area contributed by atoms with E-state index in [4.69, 9.17) is 5.11 Å². The van der Waals surface area contributed by atoms with E-state index in [0.29, 0.717) is 0 Å². The van der Waals surface area contributed by atoms with Gasteiger partial charge in [0.15, 0.2) is 5.92 Å². The molecule has 0 heterocycles. The van der Waals surface area contributed by atoms with Crippen molar-refractivity contribution in [3.05, 3.63) is 0 Å². The predicted octanol–water partition coefficient (Wildman–Crippen LogP) is 2.18. The number of alkyl halides is 6. The Morgan fingerprint density at radius 2 is 1.71 bits per heavy atom. The van der Waals surface area contributed by atoms with E-state index in [1.807, 2.05) is 5.32 Å². The highest BCUT2D eigenvalue weighted by atomic mass is 19.4. The largest absolute Gasteiger partial charge is 0.481 e. The summed E-state index contributed by atoms with van der Waals surface area (Å²) in [5, 5.41) is 10.2. The van der Waals surface area contributed by atoms with Crippen LogP contribution in [0.5, 0.6) is 0 Å². The molecule has 0 aliphatic heterocycles. The van der Waals surface area contributed by atoms with Gasteiger partial charge in [0, 0.05) is 12.6 Å². The third kappa shape index (κ3) is 7.03. The molecule has 9 heteroatoms. The average Bonchev–Trinajstić information content (AvgIpc) is 1.96. The van der Waals surface area contributed by atoms with Crippen LogP contribution in [-0.2, 0) is 4.79 Å². The highest BCUT2D eigenvalue weighted by molar-refractivity contribution is 5.71. The number of hydrogen-bond acceptors (Lipinski definition) is 2. The van der Waals surface area contributed by atoms with Crippen LogP contribution in [0.1, 0.15) is 13.3 Å². The molecular formula is C8H11F6NO2. The third-order valence-electron chi connectivity index (χ3n) is 1.90. The van der Waals surface area contributed by atoms with Gasteiger partial charge in [-0.05, 0) is 6.92 Å². The third-order valence-corrected chi connectivity index (χ3v) is 1.90. The van der Waals surface area contributed by atoms with E-state index in [9.17, 15) is 31.1 Å². The maximum Gasteiger partial charge on any atom is 0.403 e. The Kier molecular flexibility index (Phi) is 5.24. The number of carboxylic acids is 1. The fourth-order valence-electron chi connectivity index (χ4n) is 1.08. The highest BCUT2D eigenvalue weighted by Crippen LogP contribution is 2.26. The zero-order chi connectivity index (χ0) is 13.9. The van der Waals surface area contributed by atoms with Crippen LogP contribution < -0.4 is 5.32 Å². The van der Waals surface area contributed by atoms with Crippen LogP contribution in [0.2, 0.25) is 0 Å². The van der Waals surface area contributed by atoms with Crippen molar-refractivity contribution >= 4 is 5.97 Å². The lowest BCUT2D eigenvalue weighted by molar-refractivity contribution is -0.192. The van der Waals surface area contributed by atoms with Gasteiger partial charge in [-0.3, -0.25) is 4.79 Å². The van der Waals surface area contributed by atoms with Crippen molar-refractivity contribution in [2.24, 2.45) is 5.92 Å². The molecule has 0 aromatic carbocycles. The molecule has 0 fully saturated rings. The van der Waals surface area contributed by atoms with E-state index in [1.54, 1.807) is 0 Å². The molecule has 3 nitrogen and oxygen atoms in total. The number of hydrogen-bond donors (Lipinski definition) is 2. The van der Waals surface area contributed by atoms with Crippen molar-refractivity contribution in [3.8, 4) is 0 Å². The molecule has 2 N–H and O–H groups in total. The van der Waals surface area contributed by atoms with E-state index in [2.05, 4.69) is 0 Å². The molecular weight excluding hydrogens is 256 g/mol. The minimum absolute atomic E-state index is 1.03.